The Morgan fingerprint density at radius 1 is 1.21 bits per heavy atom. The van der Waals surface area contributed by atoms with Crippen LogP contribution in [-0.2, 0) is 5.41 Å². The normalized spacial score (nSPS) is 11.4. The van der Waals surface area contributed by atoms with Crippen molar-refractivity contribution >= 4 is 34.2 Å². The summed E-state index contributed by atoms with van der Waals surface area (Å²) in [6, 6.07) is 9.65. The van der Waals surface area contributed by atoms with E-state index in [-0.39, 0.29) is 11.0 Å². The maximum absolute atomic E-state index is 12.0. The molecule has 0 radical (unpaired) electrons. The molecule has 0 saturated heterocycles. The molecule has 0 fully saturated rings. The minimum atomic E-state index is -0.169. The lowest BCUT2D eigenvalue weighted by Gasteiger charge is -2.19. The molecular weight excluding hydrogens is 353 g/mol. The van der Waals surface area contributed by atoms with Gasteiger partial charge in [0.25, 0.3) is 5.56 Å². The number of hydrogen-bond acceptors (Lipinski definition) is 3. The monoisotopic (exact) mass is 369 g/mol. The average molecular weight is 369 g/mol. The highest BCUT2D eigenvalue weighted by Gasteiger charge is 2.21. The minimum absolute atomic E-state index is 0.112. The number of nitrogens with one attached hydrogen (secondary N) is 2. The molecule has 1 aromatic carbocycles. The van der Waals surface area contributed by atoms with Gasteiger partial charge in [-0.15, -0.1) is 0 Å². The van der Waals surface area contributed by atoms with Gasteiger partial charge in [0, 0.05) is 11.1 Å². The molecular formula is C14H16IN3O. The van der Waals surface area contributed by atoms with Crippen molar-refractivity contribution in [2.24, 2.45) is 0 Å². The third-order valence-electron chi connectivity index (χ3n) is 2.61. The summed E-state index contributed by atoms with van der Waals surface area (Å²) in [6.07, 6.45) is 0. The number of benzene rings is 1. The Bertz CT molecular complexity index is 629. The second-order valence-corrected chi connectivity index (χ2v) is 6.40. The summed E-state index contributed by atoms with van der Waals surface area (Å²) < 4.78 is 0.642. The number of hydrogen-bond donors (Lipinski definition) is 2. The molecule has 0 spiro atoms. The van der Waals surface area contributed by atoms with Crippen LogP contribution in [0.25, 0.3) is 0 Å². The van der Waals surface area contributed by atoms with Crippen LogP contribution >= 0.6 is 22.6 Å². The molecule has 0 bridgehead atoms. The van der Waals surface area contributed by atoms with Gasteiger partial charge in [0.15, 0.2) is 0 Å². The van der Waals surface area contributed by atoms with Crippen molar-refractivity contribution in [2.45, 2.75) is 26.2 Å². The molecule has 100 valence electrons. The molecule has 4 nitrogen and oxygen atoms in total. The molecule has 19 heavy (non-hydrogen) atoms. The first kappa shape index (κ1) is 14.0. The van der Waals surface area contributed by atoms with Gasteiger partial charge in [-0.3, -0.25) is 9.78 Å². The molecule has 0 aliphatic heterocycles. The van der Waals surface area contributed by atoms with E-state index in [1.54, 1.807) is 0 Å². The zero-order valence-electron chi connectivity index (χ0n) is 11.1. The molecule has 2 aromatic rings. The molecule has 0 unspecified atom stereocenters. The van der Waals surface area contributed by atoms with Crippen molar-refractivity contribution in [1.82, 2.24) is 9.97 Å². The highest BCUT2D eigenvalue weighted by molar-refractivity contribution is 14.1. The molecule has 0 saturated carbocycles. The zero-order valence-corrected chi connectivity index (χ0v) is 13.3. The summed E-state index contributed by atoms with van der Waals surface area (Å²) in [5, 5.41) is 3.11. The summed E-state index contributed by atoms with van der Waals surface area (Å²) >= 11 is 2.04. The van der Waals surface area contributed by atoms with Crippen LogP contribution in [0.2, 0.25) is 0 Å². The number of halogens is 1. The molecule has 1 heterocycles. The van der Waals surface area contributed by atoms with Crippen LogP contribution in [0.1, 0.15) is 26.5 Å². The highest BCUT2D eigenvalue weighted by atomic mass is 127. The molecule has 0 atom stereocenters. The topological polar surface area (TPSA) is 57.8 Å². The van der Waals surface area contributed by atoms with Crippen molar-refractivity contribution in [2.75, 3.05) is 5.32 Å². The highest BCUT2D eigenvalue weighted by Crippen LogP contribution is 2.24. The van der Waals surface area contributed by atoms with Crippen LogP contribution in [0.4, 0.5) is 11.6 Å². The van der Waals surface area contributed by atoms with Crippen LogP contribution < -0.4 is 10.9 Å². The van der Waals surface area contributed by atoms with E-state index in [4.69, 9.17) is 0 Å². The molecule has 2 N–H and O–H groups in total. The van der Waals surface area contributed by atoms with Crippen LogP contribution in [-0.4, -0.2) is 9.97 Å². The van der Waals surface area contributed by atoms with Crippen LogP contribution in [0.5, 0.6) is 0 Å². The lowest BCUT2D eigenvalue weighted by molar-refractivity contribution is 0.562. The predicted octanol–water partition coefficient (Wildman–Crippen LogP) is 3.42. The van der Waals surface area contributed by atoms with Crippen molar-refractivity contribution in [3.63, 3.8) is 0 Å². The fraction of sp³-hybridized carbons (Fsp3) is 0.286. The molecule has 0 aliphatic rings. The standard InChI is InChI=1S/C14H16IN3O/c1-14(2,3)11-10(15)12(19)18-13(17-11)16-9-7-5-4-6-8-9/h4-8H,1-3H3,(H2,16,17,18,19). The molecule has 2 rings (SSSR count). The van der Waals surface area contributed by atoms with E-state index < -0.39 is 0 Å². The maximum Gasteiger partial charge on any atom is 0.266 e. The minimum Gasteiger partial charge on any atom is -0.326 e. The Morgan fingerprint density at radius 2 is 1.84 bits per heavy atom. The van der Waals surface area contributed by atoms with E-state index in [0.29, 0.717) is 9.52 Å². The third kappa shape index (κ3) is 3.34. The Kier molecular flexibility index (Phi) is 3.93. The predicted molar refractivity (Wildman–Crippen MR) is 86.0 cm³/mol. The van der Waals surface area contributed by atoms with E-state index in [0.717, 1.165) is 11.4 Å². The summed E-state index contributed by atoms with van der Waals surface area (Å²) in [6.45, 7) is 6.13. The van der Waals surface area contributed by atoms with Gasteiger partial charge < -0.3 is 5.32 Å². The van der Waals surface area contributed by atoms with Gasteiger partial charge in [0.2, 0.25) is 5.95 Å². The van der Waals surface area contributed by atoms with Crippen LogP contribution in [0.3, 0.4) is 0 Å². The Labute approximate surface area is 125 Å². The summed E-state index contributed by atoms with van der Waals surface area (Å²) in [7, 11) is 0. The maximum atomic E-state index is 12.0. The van der Waals surface area contributed by atoms with Gasteiger partial charge in [-0.1, -0.05) is 39.0 Å². The van der Waals surface area contributed by atoms with Crippen LogP contribution in [0.15, 0.2) is 35.1 Å². The average Bonchev–Trinajstić information content (AvgIpc) is 2.33. The first-order valence-corrected chi connectivity index (χ1v) is 7.08. The van der Waals surface area contributed by atoms with Gasteiger partial charge in [-0.2, -0.15) is 0 Å². The number of rotatable bonds is 2. The molecule has 1 aromatic heterocycles. The quantitative estimate of drug-likeness (QED) is 0.798. The number of aromatic nitrogens is 2. The first-order chi connectivity index (χ1) is 8.88. The Balaban J connectivity index is 2.43. The van der Waals surface area contributed by atoms with Crippen molar-refractivity contribution in [3.8, 4) is 0 Å². The van der Waals surface area contributed by atoms with Gasteiger partial charge in [0.05, 0.1) is 5.69 Å². The Hall–Kier alpha value is -1.37. The third-order valence-corrected chi connectivity index (χ3v) is 3.61. The van der Waals surface area contributed by atoms with Crippen molar-refractivity contribution in [1.29, 1.82) is 0 Å². The lowest BCUT2D eigenvalue weighted by atomic mass is 9.92. The smallest absolute Gasteiger partial charge is 0.266 e. The molecule has 0 amide bonds. The second-order valence-electron chi connectivity index (χ2n) is 5.32. The SMILES string of the molecule is CC(C)(C)c1nc(Nc2ccccc2)[nH]c(=O)c1I. The van der Waals surface area contributed by atoms with E-state index >= 15 is 0 Å². The molecule has 5 heteroatoms. The van der Waals surface area contributed by atoms with Gasteiger partial charge in [0.1, 0.15) is 3.57 Å². The van der Waals surface area contributed by atoms with E-state index in [1.807, 2.05) is 73.7 Å². The first-order valence-electron chi connectivity index (χ1n) is 6.00. The van der Waals surface area contributed by atoms with Crippen molar-refractivity contribution in [3.05, 3.63) is 49.9 Å². The van der Waals surface area contributed by atoms with E-state index in [2.05, 4.69) is 15.3 Å². The molecule has 0 aliphatic carbocycles. The number of para-hydroxylation sites is 1. The zero-order chi connectivity index (χ0) is 14.0. The van der Waals surface area contributed by atoms with E-state index in [1.165, 1.54) is 0 Å². The van der Waals surface area contributed by atoms with Crippen LogP contribution in [0, 0.1) is 3.57 Å². The van der Waals surface area contributed by atoms with Gasteiger partial charge in [-0.05, 0) is 34.7 Å². The number of nitrogens with zero attached hydrogens (tertiary/aromatic N) is 1. The van der Waals surface area contributed by atoms with Gasteiger partial charge >= 0.3 is 0 Å². The lowest BCUT2D eigenvalue weighted by Crippen LogP contribution is -2.24. The summed E-state index contributed by atoms with van der Waals surface area (Å²) in [4.78, 5) is 19.2. The van der Waals surface area contributed by atoms with Crippen molar-refractivity contribution < 1.29 is 0 Å². The fourth-order valence-electron chi connectivity index (χ4n) is 1.67. The summed E-state index contributed by atoms with van der Waals surface area (Å²) in [5.41, 5.74) is 1.42. The summed E-state index contributed by atoms with van der Waals surface area (Å²) in [5.74, 6) is 0.474. The fourth-order valence-corrected chi connectivity index (χ4v) is 2.74. The number of H-pyrrole nitrogens is 1. The van der Waals surface area contributed by atoms with Gasteiger partial charge in [-0.25, -0.2) is 4.98 Å². The van der Waals surface area contributed by atoms with E-state index in [9.17, 15) is 4.79 Å². The number of aromatic amines is 1. The number of anilines is 2. The second kappa shape index (κ2) is 5.32. The largest absolute Gasteiger partial charge is 0.326 e. The Morgan fingerprint density at radius 3 is 2.42 bits per heavy atom.